The zero-order chi connectivity index (χ0) is 12.3. The maximum atomic E-state index is 6.60. The lowest BCUT2D eigenvalue weighted by atomic mass is 9.72. The van der Waals surface area contributed by atoms with Crippen LogP contribution in [0.1, 0.15) is 57.9 Å². The smallest absolute Gasteiger partial charge is 0.0540 e. The Kier molecular flexibility index (Phi) is 3.87. The molecular weight excluding hydrogens is 210 g/mol. The number of hydrogen-bond donors (Lipinski definition) is 1. The summed E-state index contributed by atoms with van der Waals surface area (Å²) in [4.78, 5) is 0. The minimum Gasteiger partial charge on any atom is -0.321 e. The van der Waals surface area contributed by atoms with Crippen molar-refractivity contribution in [3.8, 4) is 0 Å². The fraction of sp³-hybridized carbons (Fsp3) is 0.786. The van der Waals surface area contributed by atoms with Gasteiger partial charge in [0, 0.05) is 23.8 Å². The van der Waals surface area contributed by atoms with Crippen molar-refractivity contribution in [2.75, 3.05) is 0 Å². The molecular formula is C14H25N3. The minimum absolute atomic E-state index is 0.120. The summed E-state index contributed by atoms with van der Waals surface area (Å²) in [5, 5.41) is 4.41. The van der Waals surface area contributed by atoms with Crippen molar-refractivity contribution < 1.29 is 0 Å². The van der Waals surface area contributed by atoms with Crippen molar-refractivity contribution in [1.29, 1.82) is 0 Å². The largest absolute Gasteiger partial charge is 0.321 e. The first-order chi connectivity index (χ1) is 8.18. The van der Waals surface area contributed by atoms with E-state index in [-0.39, 0.29) is 5.54 Å². The van der Waals surface area contributed by atoms with Gasteiger partial charge in [0.25, 0.3) is 0 Å². The van der Waals surface area contributed by atoms with Gasteiger partial charge in [-0.05, 0) is 25.2 Å². The van der Waals surface area contributed by atoms with Gasteiger partial charge in [-0.2, -0.15) is 5.10 Å². The third-order valence-corrected chi connectivity index (χ3v) is 4.13. The molecule has 2 N–H and O–H groups in total. The summed E-state index contributed by atoms with van der Waals surface area (Å²) < 4.78 is 2.03. The topological polar surface area (TPSA) is 43.8 Å². The molecule has 1 saturated carbocycles. The molecule has 17 heavy (non-hydrogen) atoms. The highest BCUT2D eigenvalue weighted by Crippen LogP contribution is 2.38. The molecule has 3 heteroatoms. The van der Waals surface area contributed by atoms with Gasteiger partial charge in [-0.15, -0.1) is 0 Å². The SMILES string of the molecule is CCCn1cc(C2(N)CCCC(CC)C2)cn1. The summed E-state index contributed by atoms with van der Waals surface area (Å²) in [6.07, 6.45) is 11.3. The monoisotopic (exact) mass is 235 g/mol. The van der Waals surface area contributed by atoms with E-state index < -0.39 is 0 Å². The molecule has 1 aliphatic carbocycles. The molecule has 1 fully saturated rings. The van der Waals surface area contributed by atoms with Gasteiger partial charge in [-0.25, -0.2) is 0 Å². The van der Waals surface area contributed by atoms with Crippen LogP contribution < -0.4 is 5.73 Å². The van der Waals surface area contributed by atoms with Crippen LogP contribution in [0.2, 0.25) is 0 Å². The molecule has 1 aliphatic rings. The maximum Gasteiger partial charge on any atom is 0.0540 e. The van der Waals surface area contributed by atoms with Crippen LogP contribution in [0.25, 0.3) is 0 Å². The molecule has 0 aromatic carbocycles. The normalized spacial score (nSPS) is 29.5. The van der Waals surface area contributed by atoms with E-state index in [2.05, 4.69) is 25.1 Å². The average Bonchev–Trinajstić information content (AvgIpc) is 2.79. The highest BCUT2D eigenvalue weighted by atomic mass is 15.3. The Morgan fingerprint density at radius 2 is 2.35 bits per heavy atom. The van der Waals surface area contributed by atoms with Gasteiger partial charge in [0.2, 0.25) is 0 Å². The first-order valence-electron chi connectivity index (χ1n) is 6.99. The number of rotatable bonds is 4. The van der Waals surface area contributed by atoms with Crippen molar-refractivity contribution in [1.82, 2.24) is 9.78 Å². The first-order valence-corrected chi connectivity index (χ1v) is 6.99. The number of aromatic nitrogens is 2. The average molecular weight is 235 g/mol. The quantitative estimate of drug-likeness (QED) is 0.871. The zero-order valence-corrected chi connectivity index (χ0v) is 11.2. The molecule has 0 spiro atoms. The van der Waals surface area contributed by atoms with E-state index >= 15 is 0 Å². The van der Waals surface area contributed by atoms with Crippen LogP contribution in [0.5, 0.6) is 0 Å². The van der Waals surface area contributed by atoms with Gasteiger partial charge in [0.05, 0.1) is 6.20 Å². The lowest BCUT2D eigenvalue weighted by molar-refractivity contribution is 0.221. The highest BCUT2D eigenvalue weighted by Gasteiger charge is 2.34. The molecule has 0 saturated heterocycles. The minimum atomic E-state index is -0.120. The second-order valence-corrected chi connectivity index (χ2v) is 5.52. The Hall–Kier alpha value is -0.830. The van der Waals surface area contributed by atoms with Crippen molar-refractivity contribution >= 4 is 0 Å². The van der Waals surface area contributed by atoms with Crippen molar-refractivity contribution in [3.05, 3.63) is 18.0 Å². The molecule has 2 rings (SSSR count). The predicted octanol–water partition coefficient (Wildman–Crippen LogP) is 3.05. The lowest BCUT2D eigenvalue weighted by Gasteiger charge is -2.37. The molecule has 0 bridgehead atoms. The van der Waals surface area contributed by atoms with Crippen LogP contribution in [0.4, 0.5) is 0 Å². The molecule has 2 unspecified atom stereocenters. The van der Waals surface area contributed by atoms with Gasteiger partial charge in [0.15, 0.2) is 0 Å². The Morgan fingerprint density at radius 1 is 1.53 bits per heavy atom. The van der Waals surface area contributed by atoms with Gasteiger partial charge in [-0.3, -0.25) is 4.68 Å². The molecule has 0 aliphatic heterocycles. The highest BCUT2D eigenvalue weighted by molar-refractivity contribution is 5.18. The molecule has 3 nitrogen and oxygen atoms in total. The summed E-state index contributed by atoms with van der Waals surface area (Å²) in [6, 6.07) is 0. The summed E-state index contributed by atoms with van der Waals surface area (Å²) in [5.41, 5.74) is 7.72. The maximum absolute atomic E-state index is 6.60. The fourth-order valence-electron chi connectivity index (χ4n) is 3.01. The Bertz CT molecular complexity index is 358. The third kappa shape index (κ3) is 2.71. The zero-order valence-electron chi connectivity index (χ0n) is 11.2. The first kappa shape index (κ1) is 12.6. The molecule has 0 amide bonds. The van der Waals surface area contributed by atoms with Crippen LogP contribution in [-0.4, -0.2) is 9.78 Å². The van der Waals surface area contributed by atoms with Gasteiger partial charge in [-0.1, -0.05) is 33.1 Å². The number of nitrogens with two attached hydrogens (primary N) is 1. The standard InChI is InChI=1S/C14H25N3/c1-3-8-17-11-13(10-16-17)14(15)7-5-6-12(4-2)9-14/h10-12H,3-9,15H2,1-2H3. The van der Waals surface area contributed by atoms with E-state index in [1.54, 1.807) is 0 Å². The van der Waals surface area contributed by atoms with Crippen molar-refractivity contribution in [2.24, 2.45) is 11.7 Å². The molecule has 2 atom stereocenters. The Morgan fingerprint density at radius 3 is 3.06 bits per heavy atom. The van der Waals surface area contributed by atoms with Crippen LogP contribution in [0.15, 0.2) is 12.4 Å². The summed E-state index contributed by atoms with van der Waals surface area (Å²) in [7, 11) is 0. The van der Waals surface area contributed by atoms with E-state index in [4.69, 9.17) is 5.73 Å². The molecule has 1 aromatic heterocycles. The van der Waals surface area contributed by atoms with E-state index in [1.807, 2.05) is 10.9 Å². The Labute approximate surface area is 104 Å². The molecule has 96 valence electrons. The van der Waals surface area contributed by atoms with Crippen molar-refractivity contribution in [2.45, 2.75) is 64.5 Å². The van der Waals surface area contributed by atoms with E-state index in [1.165, 1.54) is 24.8 Å². The van der Waals surface area contributed by atoms with Crippen molar-refractivity contribution in [3.63, 3.8) is 0 Å². The van der Waals surface area contributed by atoms with Crippen LogP contribution in [-0.2, 0) is 12.1 Å². The van der Waals surface area contributed by atoms with Crippen LogP contribution in [0, 0.1) is 5.92 Å². The molecule has 0 radical (unpaired) electrons. The third-order valence-electron chi connectivity index (χ3n) is 4.13. The number of aryl methyl sites for hydroxylation is 1. The van der Waals surface area contributed by atoms with E-state index in [0.29, 0.717) is 0 Å². The van der Waals surface area contributed by atoms with E-state index in [9.17, 15) is 0 Å². The fourth-order valence-corrected chi connectivity index (χ4v) is 3.01. The second-order valence-electron chi connectivity index (χ2n) is 5.52. The predicted molar refractivity (Wildman–Crippen MR) is 70.6 cm³/mol. The number of nitrogens with zero attached hydrogens (tertiary/aromatic N) is 2. The van der Waals surface area contributed by atoms with Gasteiger partial charge in [0.1, 0.15) is 0 Å². The number of hydrogen-bond acceptors (Lipinski definition) is 2. The lowest BCUT2D eigenvalue weighted by Crippen LogP contribution is -2.41. The summed E-state index contributed by atoms with van der Waals surface area (Å²) in [6.45, 7) is 5.44. The molecule has 1 aromatic rings. The van der Waals surface area contributed by atoms with E-state index in [0.717, 1.165) is 31.7 Å². The Balaban J connectivity index is 2.12. The van der Waals surface area contributed by atoms with Gasteiger partial charge >= 0.3 is 0 Å². The summed E-state index contributed by atoms with van der Waals surface area (Å²) in [5.74, 6) is 0.795. The second kappa shape index (κ2) is 5.21. The molecule has 1 heterocycles. The summed E-state index contributed by atoms with van der Waals surface area (Å²) >= 11 is 0. The van der Waals surface area contributed by atoms with Crippen LogP contribution in [0.3, 0.4) is 0 Å². The van der Waals surface area contributed by atoms with Gasteiger partial charge < -0.3 is 5.73 Å². The van der Waals surface area contributed by atoms with Crippen LogP contribution >= 0.6 is 0 Å².